The molecule has 1 saturated heterocycles. The number of amides is 2. The summed E-state index contributed by atoms with van der Waals surface area (Å²) in [7, 11) is -1.71. The van der Waals surface area contributed by atoms with Gasteiger partial charge in [-0.15, -0.1) is 0 Å². The largest absolute Gasteiger partial charge is 0.353 e. The zero-order valence-corrected chi connectivity index (χ0v) is 16.3. The summed E-state index contributed by atoms with van der Waals surface area (Å²) in [5, 5.41) is 5.74. The van der Waals surface area contributed by atoms with Gasteiger partial charge in [0.15, 0.2) is 0 Å². The molecular formula is C16H32N4O4S. The van der Waals surface area contributed by atoms with Crippen LogP contribution >= 0.6 is 0 Å². The minimum atomic E-state index is -3.64. The van der Waals surface area contributed by atoms with Crippen molar-refractivity contribution in [3.05, 3.63) is 0 Å². The van der Waals surface area contributed by atoms with E-state index in [1.54, 1.807) is 18.7 Å². The van der Waals surface area contributed by atoms with Gasteiger partial charge in [0.2, 0.25) is 21.8 Å². The number of piperidine rings is 1. The number of sulfonamides is 1. The normalized spacial score (nSPS) is 16.2. The number of carbonyl (C=O) groups is 2. The lowest BCUT2D eigenvalue weighted by molar-refractivity contribution is -0.132. The van der Waals surface area contributed by atoms with Crippen molar-refractivity contribution in [2.75, 3.05) is 39.0 Å². The third kappa shape index (κ3) is 9.18. The van der Waals surface area contributed by atoms with Crippen LogP contribution in [0.4, 0.5) is 0 Å². The second kappa shape index (κ2) is 10.7. The third-order valence-electron chi connectivity index (χ3n) is 4.26. The van der Waals surface area contributed by atoms with Crippen LogP contribution in [-0.2, 0) is 19.6 Å². The molecule has 1 rings (SSSR count). The van der Waals surface area contributed by atoms with Crippen molar-refractivity contribution in [3.8, 4) is 0 Å². The quantitative estimate of drug-likeness (QED) is 0.484. The second-order valence-electron chi connectivity index (χ2n) is 6.83. The molecule has 0 aliphatic carbocycles. The summed E-state index contributed by atoms with van der Waals surface area (Å²) < 4.78 is 26.1. The van der Waals surface area contributed by atoms with E-state index in [-0.39, 0.29) is 36.6 Å². The van der Waals surface area contributed by atoms with Gasteiger partial charge >= 0.3 is 0 Å². The van der Waals surface area contributed by atoms with Crippen LogP contribution in [0, 0.1) is 5.92 Å². The van der Waals surface area contributed by atoms with Crippen LogP contribution in [0.25, 0.3) is 0 Å². The Morgan fingerprint density at radius 2 is 1.84 bits per heavy atom. The van der Waals surface area contributed by atoms with E-state index in [0.717, 1.165) is 25.8 Å². The van der Waals surface area contributed by atoms with Gasteiger partial charge in [-0.1, -0.05) is 0 Å². The average Bonchev–Trinajstić information content (AvgIpc) is 2.56. The van der Waals surface area contributed by atoms with Crippen molar-refractivity contribution in [1.82, 2.24) is 20.3 Å². The maximum absolute atomic E-state index is 12.2. The smallest absolute Gasteiger partial charge is 0.235 e. The topological polar surface area (TPSA) is 108 Å². The molecular weight excluding hydrogens is 344 g/mol. The van der Waals surface area contributed by atoms with Gasteiger partial charge in [0.05, 0.1) is 12.3 Å². The first-order valence-electron chi connectivity index (χ1n) is 8.92. The Morgan fingerprint density at radius 1 is 1.20 bits per heavy atom. The molecule has 0 aromatic carbocycles. The highest BCUT2D eigenvalue weighted by atomic mass is 32.2. The second-order valence-corrected chi connectivity index (χ2v) is 8.76. The maximum atomic E-state index is 12.2. The molecule has 8 nitrogen and oxygen atoms in total. The molecule has 0 saturated carbocycles. The zero-order valence-electron chi connectivity index (χ0n) is 15.5. The van der Waals surface area contributed by atoms with E-state index in [2.05, 4.69) is 15.4 Å². The molecule has 9 heteroatoms. The van der Waals surface area contributed by atoms with Crippen LogP contribution in [0.15, 0.2) is 0 Å². The molecule has 25 heavy (non-hydrogen) atoms. The van der Waals surface area contributed by atoms with Crippen molar-refractivity contribution in [1.29, 1.82) is 0 Å². The molecule has 146 valence electrons. The van der Waals surface area contributed by atoms with Crippen LogP contribution < -0.4 is 15.4 Å². The summed E-state index contributed by atoms with van der Waals surface area (Å²) in [6.07, 6.45) is 2.99. The Morgan fingerprint density at radius 3 is 2.40 bits per heavy atom. The lowest BCUT2D eigenvalue weighted by Crippen LogP contribution is -2.42. The van der Waals surface area contributed by atoms with Crippen LogP contribution in [-0.4, -0.2) is 70.2 Å². The number of carbonyl (C=O) groups excluding carboxylic acids is 2. The number of likely N-dealkylation sites (tertiary alicyclic amines) is 1. The molecule has 0 aromatic heterocycles. The van der Waals surface area contributed by atoms with Crippen molar-refractivity contribution in [3.63, 3.8) is 0 Å². The van der Waals surface area contributed by atoms with E-state index in [9.17, 15) is 18.0 Å². The Bertz CT molecular complexity index is 528. The molecule has 0 spiro atoms. The summed E-state index contributed by atoms with van der Waals surface area (Å²) >= 11 is 0. The van der Waals surface area contributed by atoms with E-state index in [0.29, 0.717) is 19.0 Å². The molecule has 0 atom stereocenters. The summed E-state index contributed by atoms with van der Waals surface area (Å²) in [4.78, 5) is 25.4. The SMILES string of the molecule is CNCCC1CCN(C(=O)CCS(=O)(=O)NCC(=O)NC(C)C)CC1. The van der Waals surface area contributed by atoms with E-state index in [1.165, 1.54) is 0 Å². The van der Waals surface area contributed by atoms with E-state index < -0.39 is 10.0 Å². The maximum Gasteiger partial charge on any atom is 0.235 e. The lowest BCUT2D eigenvalue weighted by Gasteiger charge is -2.32. The Hall–Kier alpha value is -1.19. The van der Waals surface area contributed by atoms with Gasteiger partial charge in [-0.3, -0.25) is 9.59 Å². The molecule has 0 aromatic rings. The standard InChI is InChI=1S/C16H32N4O4S/c1-13(2)19-15(21)12-18-25(23,24)11-7-16(22)20-9-5-14(6-10-20)4-8-17-3/h13-14,17-18H,4-12H2,1-3H3,(H,19,21). The van der Waals surface area contributed by atoms with Gasteiger partial charge in [-0.25, -0.2) is 13.1 Å². The van der Waals surface area contributed by atoms with E-state index >= 15 is 0 Å². The Labute approximate surface area is 151 Å². The molecule has 0 unspecified atom stereocenters. The van der Waals surface area contributed by atoms with Gasteiger partial charge in [0, 0.05) is 25.6 Å². The van der Waals surface area contributed by atoms with Crippen LogP contribution in [0.1, 0.15) is 39.5 Å². The van der Waals surface area contributed by atoms with Crippen LogP contribution in [0.3, 0.4) is 0 Å². The fraction of sp³-hybridized carbons (Fsp3) is 0.875. The number of hydrogen-bond acceptors (Lipinski definition) is 5. The molecule has 1 aliphatic heterocycles. The monoisotopic (exact) mass is 376 g/mol. The van der Waals surface area contributed by atoms with Crippen molar-refractivity contribution in [2.45, 2.75) is 45.6 Å². The highest BCUT2D eigenvalue weighted by Crippen LogP contribution is 2.20. The molecule has 1 aliphatic rings. The number of nitrogens with one attached hydrogen (secondary N) is 3. The van der Waals surface area contributed by atoms with Gasteiger partial charge in [0.1, 0.15) is 0 Å². The Kier molecular flexibility index (Phi) is 9.37. The highest BCUT2D eigenvalue weighted by Gasteiger charge is 2.24. The van der Waals surface area contributed by atoms with Gasteiger partial charge < -0.3 is 15.5 Å². The van der Waals surface area contributed by atoms with Gasteiger partial charge in [-0.05, 0) is 52.6 Å². The van der Waals surface area contributed by atoms with Crippen LogP contribution in [0.5, 0.6) is 0 Å². The third-order valence-corrected chi connectivity index (χ3v) is 5.58. The minimum absolute atomic E-state index is 0.0467. The first-order chi connectivity index (χ1) is 11.7. The van der Waals surface area contributed by atoms with Crippen molar-refractivity contribution < 1.29 is 18.0 Å². The van der Waals surface area contributed by atoms with Gasteiger partial charge in [0.25, 0.3) is 0 Å². The fourth-order valence-corrected chi connectivity index (χ4v) is 3.76. The van der Waals surface area contributed by atoms with E-state index in [4.69, 9.17) is 0 Å². The summed E-state index contributed by atoms with van der Waals surface area (Å²) in [6.45, 7) is 5.66. The zero-order chi connectivity index (χ0) is 18.9. The first kappa shape index (κ1) is 21.9. The van der Waals surface area contributed by atoms with Gasteiger partial charge in [-0.2, -0.15) is 0 Å². The summed E-state index contributed by atoms with van der Waals surface area (Å²) in [6, 6.07) is -0.0467. The Balaban J connectivity index is 2.30. The summed E-state index contributed by atoms with van der Waals surface area (Å²) in [5.74, 6) is -0.181. The fourth-order valence-electron chi connectivity index (χ4n) is 2.82. The molecule has 1 heterocycles. The first-order valence-corrected chi connectivity index (χ1v) is 10.6. The van der Waals surface area contributed by atoms with Crippen molar-refractivity contribution >= 4 is 21.8 Å². The minimum Gasteiger partial charge on any atom is -0.353 e. The average molecular weight is 377 g/mol. The molecule has 3 N–H and O–H groups in total. The molecule has 2 amide bonds. The number of nitrogens with zero attached hydrogens (tertiary/aromatic N) is 1. The molecule has 1 fully saturated rings. The molecule has 0 bridgehead atoms. The summed E-state index contributed by atoms with van der Waals surface area (Å²) in [5.41, 5.74) is 0. The number of rotatable bonds is 10. The highest BCUT2D eigenvalue weighted by molar-refractivity contribution is 7.89. The lowest BCUT2D eigenvalue weighted by atomic mass is 9.93. The predicted molar refractivity (Wildman–Crippen MR) is 97.5 cm³/mol. The predicted octanol–water partition coefficient (Wildman–Crippen LogP) is -0.331. The van der Waals surface area contributed by atoms with Crippen LogP contribution in [0.2, 0.25) is 0 Å². The molecule has 0 radical (unpaired) electrons. The van der Waals surface area contributed by atoms with Crippen molar-refractivity contribution in [2.24, 2.45) is 5.92 Å². The van der Waals surface area contributed by atoms with E-state index in [1.807, 2.05) is 7.05 Å². The number of hydrogen-bond donors (Lipinski definition) is 3.